The number of hydrogen-bond acceptors (Lipinski definition) is 3. The molecule has 90 valence electrons. The molecule has 1 aliphatic heterocycles. The van der Waals surface area contributed by atoms with Gasteiger partial charge in [-0.2, -0.15) is 0 Å². The van der Waals surface area contributed by atoms with Crippen LogP contribution in [0, 0.1) is 0 Å². The summed E-state index contributed by atoms with van der Waals surface area (Å²) in [7, 11) is 0. The van der Waals surface area contributed by atoms with Crippen LogP contribution in [0.2, 0.25) is 0 Å². The fourth-order valence-corrected chi connectivity index (χ4v) is 2.09. The molecule has 0 aromatic heterocycles. The van der Waals surface area contributed by atoms with E-state index in [1.165, 1.54) is 5.56 Å². The average molecular weight is 232 g/mol. The maximum absolute atomic E-state index is 11.7. The number of imide groups is 1. The van der Waals surface area contributed by atoms with Crippen LogP contribution in [0.5, 0.6) is 0 Å². The molecule has 2 rings (SSSR count). The topological polar surface area (TPSA) is 72.2 Å². The number of amides is 2. The molecule has 0 saturated carbocycles. The first kappa shape index (κ1) is 11.8. The van der Waals surface area contributed by atoms with Crippen LogP contribution in [0.25, 0.3) is 0 Å². The molecule has 0 aliphatic carbocycles. The van der Waals surface area contributed by atoms with Gasteiger partial charge in [0.25, 0.3) is 0 Å². The molecular weight excluding hydrogens is 216 g/mol. The number of carbonyl (C=O) groups excluding carboxylic acids is 2. The van der Waals surface area contributed by atoms with Gasteiger partial charge in [-0.1, -0.05) is 24.3 Å². The van der Waals surface area contributed by atoms with Gasteiger partial charge in [0.05, 0.1) is 5.92 Å². The molecule has 17 heavy (non-hydrogen) atoms. The lowest BCUT2D eigenvalue weighted by Crippen LogP contribution is -2.39. The van der Waals surface area contributed by atoms with Crippen molar-refractivity contribution >= 4 is 11.8 Å². The third kappa shape index (κ3) is 2.71. The summed E-state index contributed by atoms with van der Waals surface area (Å²) in [6.07, 6.45) is 1.86. The molecule has 0 spiro atoms. The summed E-state index contributed by atoms with van der Waals surface area (Å²) in [4.78, 5) is 22.7. The molecule has 1 saturated heterocycles. The highest BCUT2D eigenvalue weighted by molar-refractivity contribution is 6.00. The normalized spacial score (nSPS) is 20.2. The van der Waals surface area contributed by atoms with E-state index in [0.29, 0.717) is 19.4 Å². The summed E-state index contributed by atoms with van der Waals surface area (Å²) in [6.45, 7) is 0.623. The average Bonchev–Trinajstić information content (AvgIpc) is 2.31. The van der Waals surface area contributed by atoms with Crippen molar-refractivity contribution in [2.75, 3.05) is 6.54 Å². The van der Waals surface area contributed by atoms with Gasteiger partial charge >= 0.3 is 0 Å². The Labute approximate surface area is 100 Å². The van der Waals surface area contributed by atoms with E-state index >= 15 is 0 Å². The molecular formula is C13H16N2O2. The molecule has 0 bridgehead atoms. The lowest BCUT2D eigenvalue weighted by atomic mass is 9.90. The molecule has 1 aliphatic rings. The maximum atomic E-state index is 11.7. The van der Waals surface area contributed by atoms with Crippen molar-refractivity contribution in [1.82, 2.24) is 5.32 Å². The number of nitrogens with one attached hydrogen (secondary N) is 1. The van der Waals surface area contributed by atoms with Crippen molar-refractivity contribution in [3.8, 4) is 0 Å². The van der Waals surface area contributed by atoms with Crippen LogP contribution < -0.4 is 11.1 Å². The van der Waals surface area contributed by atoms with Crippen LogP contribution in [0.1, 0.15) is 29.9 Å². The Morgan fingerprint density at radius 3 is 2.53 bits per heavy atom. The summed E-state index contributed by atoms with van der Waals surface area (Å²) in [6, 6.07) is 7.88. The number of piperidine rings is 1. The van der Waals surface area contributed by atoms with Crippen molar-refractivity contribution in [1.29, 1.82) is 0 Å². The largest absolute Gasteiger partial charge is 0.330 e. The fraction of sp³-hybridized carbons (Fsp3) is 0.385. The first-order valence-electron chi connectivity index (χ1n) is 5.83. The second kappa shape index (κ2) is 5.10. The van der Waals surface area contributed by atoms with Gasteiger partial charge in [-0.25, -0.2) is 0 Å². The van der Waals surface area contributed by atoms with Crippen molar-refractivity contribution in [2.45, 2.75) is 25.2 Å². The first-order valence-corrected chi connectivity index (χ1v) is 5.83. The predicted octanol–water partition coefficient (Wildman–Crippen LogP) is 0.708. The lowest BCUT2D eigenvalue weighted by molar-refractivity contribution is -0.134. The summed E-state index contributed by atoms with van der Waals surface area (Å²) in [5, 5.41) is 2.37. The highest BCUT2D eigenvalue weighted by Gasteiger charge is 2.27. The molecule has 3 N–H and O–H groups in total. The van der Waals surface area contributed by atoms with Gasteiger partial charge in [0.2, 0.25) is 11.8 Å². The van der Waals surface area contributed by atoms with Gasteiger partial charge in [0, 0.05) is 6.42 Å². The number of benzene rings is 1. The Morgan fingerprint density at radius 2 is 1.94 bits per heavy atom. The van der Waals surface area contributed by atoms with Crippen molar-refractivity contribution < 1.29 is 9.59 Å². The van der Waals surface area contributed by atoms with Gasteiger partial charge in [0.15, 0.2) is 0 Å². The zero-order valence-electron chi connectivity index (χ0n) is 9.61. The Morgan fingerprint density at radius 1 is 1.24 bits per heavy atom. The Balaban J connectivity index is 2.11. The Bertz CT molecular complexity index is 426. The van der Waals surface area contributed by atoms with Crippen LogP contribution in [0.4, 0.5) is 0 Å². The molecule has 2 amide bonds. The standard InChI is InChI=1S/C13H16N2O2/c14-8-7-9-1-3-10(4-2-9)11-5-6-12(16)15-13(11)17/h1-4,11H,5-8,14H2,(H,15,16,17). The Kier molecular flexibility index (Phi) is 3.54. The van der Waals surface area contributed by atoms with Crippen molar-refractivity contribution in [3.63, 3.8) is 0 Å². The van der Waals surface area contributed by atoms with E-state index in [-0.39, 0.29) is 17.7 Å². The molecule has 1 atom stereocenters. The molecule has 0 radical (unpaired) electrons. The number of nitrogens with two attached hydrogens (primary N) is 1. The van der Waals surface area contributed by atoms with Crippen molar-refractivity contribution in [3.05, 3.63) is 35.4 Å². The van der Waals surface area contributed by atoms with Gasteiger partial charge in [-0.3, -0.25) is 14.9 Å². The van der Waals surface area contributed by atoms with E-state index in [1.807, 2.05) is 24.3 Å². The smallest absolute Gasteiger partial charge is 0.234 e. The fourth-order valence-electron chi connectivity index (χ4n) is 2.09. The zero-order chi connectivity index (χ0) is 12.3. The van der Waals surface area contributed by atoms with E-state index in [1.54, 1.807) is 0 Å². The van der Waals surface area contributed by atoms with Gasteiger partial charge in [-0.15, -0.1) is 0 Å². The highest BCUT2D eigenvalue weighted by atomic mass is 16.2. The van der Waals surface area contributed by atoms with Crippen LogP contribution >= 0.6 is 0 Å². The third-order valence-corrected chi connectivity index (χ3v) is 3.05. The van der Waals surface area contributed by atoms with Crippen LogP contribution in [0.15, 0.2) is 24.3 Å². The molecule has 1 fully saturated rings. The maximum Gasteiger partial charge on any atom is 0.234 e. The third-order valence-electron chi connectivity index (χ3n) is 3.05. The van der Waals surface area contributed by atoms with E-state index in [9.17, 15) is 9.59 Å². The summed E-state index contributed by atoms with van der Waals surface area (Å²) in [5.41, 5.74) is 7.62. The number of carbonyl (C=O) groups is 2. The second-order valence-corrected chi connectivity index (χ2v) is 4.28. The molecule has 1 heterocycles. The van der Waals surface area contributed by atoms with Gasteiger partial charge in [0.1, 0.15) is 0 Å². The Hall–Kier alpha value is -1.68. The molecule has 4 heteroatoms. The minimum absolute atomic E-state index is 0.175. The summed E-state index contributed by atoms with van der Waals surface area (Å²) >= 11 is 0. The molecule has 1 aromatic carbocycles. The van der Waals surface area contributed by atoms with E-state index in [4.69, 9.17) is 5.73 Å². The van der Waals surface area contributed by atoms with Crippen LogP contribution in [-0.2, 0) is 16.0 Å². The molecule has 4 nitrogen and oxygen atoms in total. The molecule has 1 aromatic rings. The summed E-state index contributed by atoms with van der Waals surface area (Å²) < 4.78 is 0. The van der Waals surface area contributed by atoms with Crippen LogP contribution in [-0.4, -0.2) is 18.4 Å². The second-order valence-electron chi connectivity index (χ2n) is 4.28. The predicted molar refractivity (Wildman–Crippen MR) is 64.3 cm³/mol. The minimum Gasteiger partial charge on any atom is -0.330 e. The zero-order valence-corrected chi connectivity index (χ0v) is 9.61. The van der Waals surface area contributed by atoms with Crippen LogP contribution in [0.3, 0.4) is 0 Å². The van der Waals surface area contributed by atoms with E-state index < -0.39 is 0 Å². The van der Waals surface area contributed by atoms with Crippen molar-refractivity contribution in [2.24, 2.45) is 5.73 Å². The first-order chi connectivity index (χ1) is 8.20. The highest BCUT2D eigenvalue weighted by Crippen LogP contribution is 2.24. The lowest BCUT2D eigenvalue weighted by Gasteiger charge is -2.21. The van der Waals surface area contributed by atoms with E-state index in [2.05, 4.69) is 5.32 Å². The quantitative estimate of drug-likeness (QED) is 0.754. The monoisotopic (exact) mass is 232 g/mol. The van der Waals surface area contributed by atoms with E-state index in [0.717, 1.165) is 12.0 Å². The summed E-state index contributed by atoms with van der Waals surface area (Å²) in [5.74, 6) is -0.557. The molecule has 1 unspecified atom stereocenters. The van der Waals surface area contributed by atoms with Gasteiger partial charge < -0.3 is 5.73 Å². The minimum atomic E-state index is -0.195. The number of hydrogen-bond donors (Lipinski definition) is 2. The van der Waals surface area contributed by atoms with Gasteiger partial charge in [-0.05, 0) is 30.5 Å². The number of rotatable bonds is 3. The SMILES string of the molecule is NCCc1ccc(C2CCC(=O)NC2=O)cc1.